The van der Waals surface area contributed by atoms with Gasteiger partial charge in [-0.3, -0.25) is 4.90 Å². The first kappa shape index (κ1) is 14.3. The van der Waals surface area contributed by atoms with Crippen molar-refractivity contribution in [3.63, 3.8) is 0 Å². The molecule has 0 aliphatic carbocycles. The first-order valence-electron chi connectivity index (χ1n) is 6.94. The van der Waals surface area contributed by atoms with Crippen molar-refractivity contribution in [2.24, 2.45) is 0 Å². The van der Waals surface area contributed by atoms with Gasteiger partial charge in [-0.1, -0.05) is 46.3 Å². The summed E-state index contributed by atoms with van der Waals surface area (Å²) >= 11 is 3.48. The van der Waals surface area contributed by atoms with Crippen molar-refractivity contribution in [1.82, 2.24) is 4.90 Å². The fourth-order valence-corrected chi connectivity index (χ4v) is 3.24. The normalized spacial score (nSPS) is 14.7. The topological polar surface area (TPSA) is 40.5 Å². The highest BCUT2D eigenvalue weighted by Gasteiger charge is 2.17. The van der Waals surface area contributed by atoms with Crippen molar-refractivity contribution >= 4 is 21.9 Å². The zero-order valence-electron chi connectivity index (χ0n) is 11.6. The Labute approximate surface area is 132 Å². The van der Waals surface area contributed by atoms with Crippen LogP contribution in [0.1, 0.15) is 27.0 Å². The summed E-state index contributed by atoms with van der Waals surface area (Å²) in [5.41, 5.74) is 4.27. The van der Waals surface area contributed by atoms with Gasteiger partial charge in [0.25, 0.3) is 0 Å². The molecule has 0 spiro atoms. The Hall–Kier alpha value is -1.65. The van der Waals surface area contributed by atoms with Crippen LogP contribution in [0.15, 0.2) is 46.9 Å². The highest BCUT2D eigenvalue weighted by Crippen LogP contribution is 2.24. The van der Waals surface area contributed by atoms with Crippen LogP contribution in [0.4, 0.5) is 0 Å². The number of carboxylic acid groups (broad SMARTS) is 1. The second-order valence-corrected chi connectivity index (χ2v) is 6.20. The number of hydrogen-bond donors (Lipinski definition) is 1. The van der Waals surface area contributed by atoms with Crippen molar-refractivity contribution in [3.05, 3.63) is 69.2 Å². The van der Waals surface area contributed by atoms with E-state index in [1.807, 2.05) is 6.07 Å². The predicted molar refractivity (Wildman–Crippen MR) is 85.4 cm³/mol. The molecule has 1 heterocycles. The molecule has 3 rings (SSSR count). The van der Waals surface area contributed by atoms with Gasteiger partial charge in [0.2, 0.25) is 0 Å². The van der Waals surface area contributed by atoms with Crippen molar-refractivity contribution in [2.75, 3.05) is 6.54 Å². The molecule has 0 bridgehead atoms. The minimum absolute atomic E-state index is 0.314. The van der Waals surface area contributed by atoms with Crippen LogP contribution in [-0.2, 0) is 19.5 Å². The van der Waals surface area contributed by atoms with Gasteiger partial charge in [-0.05, 0) is 35.2 Å². The van der Waals surface area contributed by atoms with Gasteiger partial charge < -0.3 is 5.11 Å². The lowest BCUT2D eigenvalue weighted by Crippen LogP contribution is -2.30. The molecule has 1 N–H and O–H groups in total. The summed E-state index contributed by atoms with van der Waals surface area (Å²) < 4.78 is 0.862. The second-order valence-electron chi connectivity index (χ2n) is 5.34. The van der Waals surface area contributed by atoms with Crippen LogP contribution < -0.4 is 0 Å². The number of carboxylic acids is 1. The standard InChI is InChI=1S/C17H16BrNO2/c18-16-9-13(17(20)21)5-6-15(16)11-19-8-7-12-3-1-2-4-14(12)10-19/h1-6,9H,7-8,10-11H2,(H,20,21). The molecule has 0 radical (unpaired) electrons. The summed E-state index contributed by atoms with van der Waals surface area (Å²) in [6.07, 6.45) is 1.07. The number of carbonyl (C=O) groups is 1. The highest BCUT2D eigenvalue weighted by atomic mass is 79.9. The van der Waals surface area contributed by atoms with E-state index in [0.717, 1.165) is 36.1 Å². The van der Waals surface area contributed by atoms with Gasteiger partial charge in [-0.25, -0.2) is 4.79 Å². The van der Waals surface area contributed by atoms with E-state index in [1.165, 1.54) is 11.1 Å². The largest absolute Gasteiger partial charge is 0.478 e. The summed E-state index contributed by atoms with van der Waals surface area (Å²) in [5.74, 6) is -0.894. The summed E-state index contributed by atoms with van der Waals surface area (Å²) in [7, 11) is 0. The van der Waals surface area contributed by atoms with E-state index in [2.05, 4.69) is 45.1 Å². The molecule has 0 atom stereocenters. The van der Waals surface area contributed by atoms with Crippen LogP contribution in [0.5, 0.6) is 0 Å². The molecule has 0 amide bonds. The molecule has 1 aliphatic heterocycles. The SMILES string of the molecule is O=C(O)c1ccc(CN2CCc3ccccc3C2)c(Br)c1. The maximum atomic E-state index is 11.0. The fraction of sp³-hybridized carbons (Fsp3) is 0.235. The van der Waals surface area contributed by atoms with Crippen LogP contribution in [0.2, 0.25) is 0 Å². The maximum absolute atomic E-state index is 11.0. The molecule has 2 aromatic rings. The van der Waals surface area contributed by atoms with Crippen LogP contribution in [0, 0.1) is 0 Å². The Morgan fingerprint density at radius 2 is 1.95 bits per heavy atom. The molecule has 2 aromatic carbocycles. The molecule has 0 aromatic heterocycles. The third-order valence-corrected chi connectivity index (χ3v) is 4.64. The van der Waals surface area contributed by atoms with Crippen LogP contribution >= 0.6 is 15.9 Å². The number of nitrogens with zero attached hydrogens (tertiary/aromatic N) is 1. The molecule has 1 aliphatic rings. The maximum Gasteiger partial charge on any atom is 0.335 e. The number of benzene rings is 2. The zero-order chi connectivity index (χ0) is 14.8. The summed E-state index contributed by atoms with van der Waals surface area (Å²) in [6.45, 7) is 2.81. The summed E-state index contributed by atoms with van der Waals surface area (Å²) in [6, 6.07) is 13.8. The molecular weight excluding hydrogens is 330 g/mol. The molecule has 21 heavy (non-hydrogen) atoms. The minimum Gasteiger partial charge on any atom is -0.478 e. The van der Waals surface area contributed by atoms with E-state index < -0.39 is 5.97 Å². The van der Waals surface area contributed by atoms with Gasteiger partial charge >= 0.3 is 5.97 Å². The molecule has 108 valence electrons. The van der Waals surface area contributed by atoms with E-state index in [9.17, 15) is 4.79 Å². The number of hydrogen-bond acceptors (Lipinski definition) is 2. The Morgan fingerprint density at radius 1 is 1.19 bits per heavy atom. The lowest BCUT2D eigenvalue weighted by atomic mass is 9.99. The molecule has 4 heteroatoms. The minimum atomic E-state index is -0.894. The smallest absolute Gasteiger partial charge is 0.335 e. The summed E-state index contributed by atoms with van der Waals surface area (Å²) in [4.78, 5) is 13.4. The van der Waals surface area contributed by atoms with Gasteiger partial charge in [0.15, 0.2) is 0 Å². The fourth-order valence-electron chi connectivity index (χ4n) is 2.74. The molecule has 0 fully saturated rings. The van der Waals surface area contributed by atoms with Crippen molar-refractivity contribution in [3.8, 4) is 0 Å². The van der Waals surface area contributed by atoms with Crippen LogP contribution in [0.25, 0.3) is 0 Å². The monoisotopic (exact) mass is 345 g/mol. The van der Waals surface area contributed by atoms with Gasteiger partial charge in [-0.15, -0.1) is 0 Å². The first-order valence-corrected chi connectivity index (χ1v) is 7.73. The van der Waals surface area contributed by atoms with Gasteiger partial charge in [0.1, 0.15) is 0 Å². The number of aromatic carboxylic acids is 1. The Bertz CT molecular complexity index is 684. The quantitative estimate of drug-likeness (QED) is 0.921. The van der Waals surface area contributed by atoms with E-state index >= 15 is 0 Å². The van der Waals surface area contributed by atoms with Gasteiger partial charge in [0, 0.05) is 24.1 Å². The molecular formula is C17H16BrNO2. The third kappa shape index (κ3) is 3.17. The Morgan fingerprint density at radius 3 is 2.67 bits per heavy atom. The average Bonchev–Trinajstić information content (AvgIpc) is 2.49. The lowest BCUT2D eigenvalue weighted by Gasteiger charge is -2.29. The van der Waals surface area contributed by atoms with Crippen molar-refractivity contribution in [2.45, 2.75) is 19.5 Å². The van der Waals surface area contributed by atoms with E-state index in [4.69, 9.17) is 5.11 Å². The molecule has 0 unspecified atom stereocenters. The van der Waals surface area contributed by atoms with Crippen LogP contribution in [-0.4, -0.2) is 22.5 Å². The van der Waals surface area contributed by atoms with Crippen LogP contribution in [0.3, 0.4) is 0 Å². The van der Waals surface area contributed by atoms with Gasteiger partial charge in [0.05, 0.1) is 5.56 Å². The summed E-state index contributed by atoms with van der Waals surface area (Å²) in [5, 5.41) is 9.00. The van der Waals surface area contributed by atoms with Crippen molar-refractivity contribution < 1.29 is 9.90 Å². The molecule has 0 saturated heterocycles. The molecule has 0 saturated carbocycles. The highest BCUT2D eigenvalue weighted by molar-refractivity contribution is 9.10. The lowest BCUT2D eigenvalue weighted by molar-refractivity contribution is 0.0697. The average molecular weight is 346 g/mol. The molecule has 3 nitrogen and oxygen atoms in total. The first-order chi connectivity index (χ1) is 10.1. The third-order valence-electron chi connectivity index (χ3n) is 3.90. The zero-order valence-corrected chi connectivity index (χ0v) is 13.1. The van der Waals surface area contributed by atoms with E-state index in [0.29, 0.717) is 5.56 Å². The van der Waals surface area contributed by atoms with Crippen molar-refractivity contribution in [1.29, 1.82) is 0 Å². The number of rotatable bonds is 3. The van der Waals surface area contributed by atoms with E-state index in [-0.39, 0.29) is 0 Å². The predicted octanol–water partition coefficient (Wildman–Crippen LogP) is 3.71. The van der Waals surface area contributed by atoms with Gasteiger partial charge in [-0.2, -0.15) is 0 Å². The second kappa shape index (κ2) is 6.00. The Balaban J connectivity index is 1.75. The van der Waals surface area contributed by atoms with E-state index in [1.54, 1.807) is 12.1 Å². The number of halogens is 1. The Kier molecular flexibility index (Phi) is 4.08. The number of fused-ring (bicyclic) bond motifs is 1.